The molecule has 0 bridgehead atoms. The first kappa shape index (κ1) is 21.0. The van der Waals surface area contributed by atoms with Crippen LogP contribution >= 0.6 is 23.2 Å². The van der Waals surface area contributed by atoms with Gasteiger partial charge in [0, 0.05) is 10.0 Å². The number of carbonyl (C=O) groups is 3. The first-order valence-corrected chi connectivity index (χ1v) is 10.00. The molecule has 2 aliphatic heterocycles. The summed E-state index contributed by atoms with van der Waals surface area (Å²) < 4.78 is 10.4. The molecule has 0 fully saturated rings. The normalized spacial score (nSPS) is 17.8. The van der Waals surface area contributed by atoms with E-state index in [9.17, 15) is 14.4 Å². The molecular formula is C21H17Cl2N3O5. The standard InChI is InChI=1S/C21H17Cl2N3O5/c1-30-16-7-6-13(23)8-14(16)24-17(27)9-26-15-10-31-20(28)18(15)19(25-21(26)29)11-2-4-12(22)5-3-11/h2-8,19H,9-10H2,1H3,(H,24,27)(H,25,29). The van der Waals surface area contributed by atoms with Gasteiger partial charge in [0.05, 0.1) is 30.1 Å². The minimum Gasteiger partial charge on any atom is -0.495 e. The molecule has 2 aliphatic rings. The van der Waals surface area contributed by atoms with Crippen LogP contribution in [0.15, 0.2) is 53.7 Å². The number of ether oxygens (including phenoxy) is 2. The highest BCUT2D eigenvalue weighted by molar-refractivity contribution is 6.31. The highest BCUT2D eigenvalue weighted by Crippen LogP contribution is 2.35. The Kier molecular flexibility index (Phi) is 5.75. The van der Waals surface area contributed by atoms with Crippen LogP contribution in [-0.2, 0) is 14.3 Å². The quantitative estimate of drug-likeness (QED) is 0.663. The lowest BCUT2D eigenvalue weighted by Gasteiger charge is -2.32. The van der Waals surface area contributed by atoms with Crippen LogP contribution in [0.2, 0.25) is 10.0 Å². The van der Waals surface area contributed by atoms with Crippen molar-refractivity contribution in [2.75, 3.05) is 25.6 Å². The second-order valence-corrected chi connectivity index (χ2v) is 7.72. The summed E-state index contributed by atoms with van der Waals surface area (Å²) in [5, 5.41) is 6.39. The number of nitrogens with zero attached hydrogens (tertiary/aromatic N) is 1. The SMILES string of the molecule is COc1ccc(Cl)cc1NC(=O)CN1C(=O)NC(c2ccc(Cl)cc2)C2=C1COC2=O. The van der Waals surface area contributed by atoms with Crippen molar-refractivity contribution in [2.24, 2.45) is 0 Å². The van der Waals surface area contributed by atoms with Crippen molar-refractivity contribution in [1.82, 2.24) is 10.2 Å². The molecule has 2 aromatic rings. The second kappa shape index (κ2) is 8.49. The lowest BCUT2D eigenvalue weighted by Crippen LogP contribution is -2.49. The molecule has 8 nitrogen and oxygen atoms in total. The van der Waals surface area contributed by atoms with Gasteiger partial charge in [-0.1, -0.05) is 35.3 Å². The van der Waals surface area contributed by atoms with E-state index in [0.29, 0.717) is 32.7 Å². The largest absolute Gasteiger partial charge is 0.495 e. The molecule has 0 aliphatic carbocycles. The first-order chi connectivity index (χ1) is 14.9. The first-order valence-electron chi connectivity index (χ1n) is 9.24. The van der Waals surface area contributed by atoms with Gasteiger partial charge in [-0.25, -0.2) is 9.59 Å². The number of rotatable bonds is 5. The number of hydrogen-bond donors (Lipinski definition) is 2. The number of methoxy groups -OCH3 is 1. The Balaban J connectivity index is 1.59. The molecule has 2 heterocycles. The maximum absolute atomic E-state index is 12.8. The molecule has 0 saturated heterocycles. The topological polar surface area (TPSA) is 97.0 Å². The molecule has 0 saturated carbocycles. The number of hydrogen-bond acceptors (Lipinski definition) is 5. The van der Waals surface area contributed by atoms with E-state index in [-0.39, 0.29) is 18.7 Å². The average Bonchev–Trinajstić information content (AvgIpc) is 3.12. The van der Waals surface area contributed by atoms with E-state index < -0.39 is 23.9 Å². The fraction of sp³-hybridized carbons (Fsp3) is 0.190. The lowest BCUT2D eigenvalue weighted by atomic mass is 9.96. The van der Waals surface area contributed by atoms with Gasteiger partial charge in [-0.05, 0) is 35.9 Å². The minimum atomic E-state index is -0.692. The summed E-state index contributed by atoms with van der Waals surface area (Å²) in [4.78, 5) is 39.1. The summed E-state index contributed by atoms with van der Waals surface area (Å²) in [6.07, 6.45) is 0. The minimum absolute atomic E-state index is 0.0978. The number of urea groups is 1. The number of benzene rings is 2. The van der Waals surface area contributed by atoms with Gasteiger partial charge in [-0.2, -0.15) is 0 Å². The van der Waals surface area contributed by atoms with Crippen LogP contribution in [0, 0.1) is 0 Å². The van der Waals surface area contributed by atoms with Gasteiger partial charge in [0.2, 0.25) is 5.91 Å². The predicted molar refractivity (Wildman–Crippen MR) is 114 cm³/mol. The zero-order chi connectivity index (χ0) is 22.1. The number of anilines is 1. The summed E-state index contributed by atoms with van der Waals surface area (Å²) in [5.41, 5.74) is 1.68. The molecule has 0 aromatic heterocycles. The molecule has 10 heteroatoms. The molecule has 0 spiro atoms. The highest BCUT2D eigenvalue weighted by Gasteiger charge is 2.42. The number of nitrogens with one attached hydrogen (secondary N) is 2. The Morgan fingerprint density at radius 2 is 1.90 bits per heavy atom. The van der Waals surface area contributed by atoms with E-state index in [4.69, 9.17) is 32.7 Å². The van der Waals surface area contributed by atoms with Gasteiger partial charge in [0.25, 0.3) is 0 Å². The Labute approximate surface area is 187 Å². The van der Waals surface area contributed by atoms with Crippen molar-refractivity contribution in [1.29, 1.82) is 0 Å². The number of esters is 1. The van der Waals surface area contributed by atoms with Crippen molar-refractivity contribution >= 4 is 46.8 Å². The van der Waals surface area contributed by atoms with Gasteiger partial charge in [-0.15, -0.1) is 0 Å². The van der Waals surface area contributed by atoms with Crippen molar-refractivity contribution in [3.8, 4) is 5.75 Å². The molecule has 3 amide bonds. The number of amides is 3. The van der Waals surface area contributed by atoms with E-state index in [1.807, 2.05) is 0 Å². The van der Waals surface area contributed by atoms with E-state index in [0.717, 1.165) is 0 Å². The van der Waals surface area contributed by atoms with Gasteiger partial charge >= 0.3 is 12.0 Å². The van der Waals surface area contributed by atoms with Crippen molar-refractivity contribution in [2.45, 2.75) is 6.04 Å². The number of carbonyl (C=O) groups excluding carboxylic acids is 3. The van der Waals surface area contributed by atoms with Crippen LogP contribution in [0.25, 0.3) is 0 Å². The summed E-state index contributed by atoms with van der Waals surface area (Å²) in [7, 11) is 1.46. The van der Waals surface area contributed by atoms with Crippen molar-refractivity contribution in [3.63, 3.8) is 0 Å². The molecule has 0 radical (unpaired) electrons. The van der Waals surface area contributed by atoms with Crippen molar-refractivity contribution < 1.29 is 23.9 Å². The molecule has 1 atom stereocenters. The predicted octanol–water partition coefficient (Wildman–Crippen LogP) is 3.52. The fourth-order valence-electron chi connectivity index (χ4n) is 3.49. The van der Waals surface area contributed by atoms with Crippen LogP contribution in [0.1, 0.15) is 11.6 Å². The average molecular weight is 462 g/mol. The van der Waals surface area contributed by atoms with Crippen LogP contribution in [0.3, 0.4) is 0 Å². The van der Waals surface area contributed by atoms with Crippen LogP contribution in [0.4, 0.5) is 10.5 Å². The van der Waals surface area contributed by atoms with Crippen LogP contribution in [0.5, 0.6) is 5.75 Å². The zero-order valence-corrected chi connectivity index (χ0v) is 17.8. The third-order valence-electron chi connectivity index (χ3n) is 4.94. The molecule has 4 rings (SSSR count). The number of cyclic esters (lactones) is 1. The Hall–Kier alpha value is -3.23. The third kappa shape index (κ3) is 4.17. The number of halogens is 2. The highest BCUT2D eigenvalue weighted by atomic mass is 35.5. The van der Waals surface area contributed by atoms with E-state index in [2.05, 4.69) is 10.6 Å². The maximum atomic E-state index is 12.8. The molecular weight excluding hydrogens is 445 g/mol. The van der Waals surface area contributed by atoms with E-state index in [1.165, 1.54) is 18.1 Å². The lowest BCUT2D eigenvalue weighted by molar-refractivity contribution is -0.136. The molecule has 160 valence electrons. The third-order valence-corrected chi connectivity index (χ3v) is 5.43. The monoisotopic (exact) mass is 461 g/mol. The van der Waals surface area contributed by atoms with Crippen LogP contribution < -0.4 is 15.4 Å². The van der Waals surface area contributed by atoms with Gasteiger partial charge in [0.15, 0.2) is 0 Å². The maximum Gasteiger partial charge on any atom is 0.338 e. The molecule has 2 aromatic carbocycles. The second-order valence-electron chi connectivity index (χ2n) is 6.85. The zero-order valence-electron chi connectivity index (χ0n) is 16.3. The van der Waals surface area contributed by atoms with Gasteiger partial charge in [-0.3, -0.25) is 9.69 Å². The summed E-state index contributed by atoms with van der Waals surface area (Å²) in [5.74, 6) is -0.619. The van der Waals surface area contributed by atoms with E-state index in [1.54, 1.807) is 36.4 Å². The summed E-state index contributed by atoms with van der Waals surface area (Å²) in [6, 6.07) is 10.3. The Morgan fingerprint density at radius 1 is 1.19 bits per heavy atom. The molecule has 1 unspecified atom stereocenters. The van der Waals surface area contributed by atoms with E-state index >= 15 is 0 Å². The Morgan fingerprint density at radius 3 is 2.61 bits per heavy atom. The smallest absolute Gasteiger partial charge is 0.338 e. The molecule has 2 N–H and O–H groups in total. The van der Waals surface area contributed by atoms with Gasteiger partial charge < -0.3 is 20.1 Å². The molecule has 31 heavy (non-hydrogen) atoms. The summed E-state index contributed by atoms with van der Waals surface area (Å²) in [6.45, 7) is -0.427. The summed E-state index contributed by atoms with van der Waals surface area (Å²) >= 11 is 11.9. The van der Waals surface area contributed by atoms with Gasteiger partial charge in [0.1, 0.15) is 18.9 Å². The Bertz CT molecular complexity index is 1100. The fourth-order valence-corrected chi connectivity index (χ4v) is 3.79. The van der Waals surface area contributed by atoms with Crippen LogP contribution in [-0.4, -0.2) is 43.1 Å². The van der Waals surface area contributed by atoms with Crippen molar-refractivity contribution in [3.05, 3.63) is 69.3 Å².